The molecule has 0 spiro atoms. The van der Waals surface area contributed by atoms with Gasteiger partial charge in [-0.2, -0.15) is 0 Å². The van der Waals surface area contributed by atoms with Crippen molar-refractivity contribution >= 4 is 38.5 Å². The zero-order valence-electron chi connectivity index (χ0n) is 6.32. The first-order valence-corrected chi connectivity index (χ1v) is 5.02. The fourth-order valence-corrected chi connectivity index (χ4v) is 2.19. The van der Waals surface area contributed by atoms with Crippen LogP contribution in [-0.4, -0.2) is 7.11 Å². The van der Waals surface area contributed by atoms with Gasteiger partial charge < -0.3 is 4.74 Å². The van der Waals surface area contributed by atoms with Crippen molar-refractivity contribution in [2.24, 2.45) is 0 Å². The Labute approximate surface area is 88.4 Å². The van der Waals surface area contributed by atoms with Gasteiger partial charge in [-0.25, -0.2) is 0 Å². The van der Waals surface area contributed by atoms with E-state index in [1.165, 1.54) is 9.13 Å². The summed E-state index contributed by atoms with van der Waals surface area (Å²) in [5, 5.41) is 0. The van der Waals surface area contributed by atoms with Crippen LogP contribution in [0, 0.1) is 10.5 Å². The van der Waals surface area contributed by atoms with Crippen molar-refractivity contribution in [3.05, 3.63) is 25.7 Å². The number of hydrogen-bond acceptors (Lipinski definition) is 1. The van der Waals surface area contributed by atoms with Crippen LogP contribution >= 0.6 is 38.5 Å². The van der Waals surface area contributed by atoms with Crippen molar-refractivity contribution in [2.75, 3.05) is 7.11 Å². The number of ether oxygens (including phenoxy) is 1. The van der Waals surface area contributed by atoms with Crippen molar-refractivity contribution in [3.8, 4) is 5.75 Å². The third kappa shape index (κ3) is 1.87. The largest absolute Gasteiger partial charge is 0.496 e. The van der Waals surface area contributed by atoms with Gasteiger partial charge in [-0.05, 0) is 47.2 Å². The molecule has 0 saturated carbocycles. The van der Waals surface area contributed by atoms with Crippen molar-refractivity contribution in [1.29, 1.82) is 0 Å². The molecule has 0 fully saturated rings. The Morgan fingerprint density at radius 3 is 2.64 bits per heavy atom. The number of hydrogen-bond donors (Lipinski definition) is 0. The second-order valence-electron chi connectivity index (χ2n) is 2.19. The fraction of sp³-hybridized carbons (Fsp3) is 0.250. The Balaban J connectivity index is 3.25. The molecule has 0 aliphatic heterocycles. The van der Waals surface area contributed by atoms with Crippen molar-refractivity contribution in [3.63, 3.8) is 0 Å². The molecular formula is C8H8BrIO. The first-order valence-electron chi connectivity index (χ1n) is 3.15. The molecule has 60 valence electrons. The molecule has 0 amide bonds. The number of benzene rings is 1. The summed E-state index contributed by atoms with van der Waals surface area (Å²) in [5.74, 6) is 0.936. The highest BCUT2D eigenvalue weighted by Gasteiger charge is 2.04. The summed E-state index contributed by atoms with van der Waals surface area (Å²) in [7, 11) is 1.69. The van der Waals surface area contributed by atoms with E-state index in [-0.39, 0.29) is 0 Å². The van der Waals surface area contributed by atoms with Gasteiger partial charge in [0.25, 0.3) is 0 Å². The Morgan fingerprint density at radius 1 is 1.45 bits per heavy atom. The molecule has 3 heteroatoms. The van der Waals surface area contributed by atoms with E-state index >= 15 is 0 Å². The summed E-state index contributed by atoms with van der Waals surface area (Å²) in [4.78, 5) is 0. The quantitative estimate of drug-likeness (QED) is 0.719. The maximum Gasteiger partial charge on any atom is 0.132 e. The van der Waals surface area contributed by atoms with Crippen LogP contribution in [0.1, 0.15) is 5.56 Å². The summed E-state index contributed by atoms with van der Waals surface area (Å²) >= 11 is 5.72. The van der Waals surface area contributed by atoms with Crippen molar-refractivity contribution < 1.29 is 4.74 Å². The molecule has 0 radical (unpaired) electrons. The number of rotatable bonds is 1. The van der Waals surface area contributed by atoms with Gasteiger partial charge >= 0.3 is 0 Å². The monoisotopic (exact) mass is 326 g/mol. The van der Waals surface area contributed by atoms with E-state index in [1.54, 1.807) is 7.11 Å². The number of methoxy groups -OCH3 is 1. The van der Waals surface area contributed by atoms with E-state index in [9.17, 15) is 0 Å². The molecule has 1 nitrogen and oxygen atoms in total. The molecular weight excluding hydrogens is 319 g/mol. The molecule has 0 aliphatic rings. The van der Waals surface area contributed by atoms with Crippen LogP contribution in [0.5, 0.6) is 5.75 Å². The maximum atomic E-state index is 5.15. The third-order valence-electron chi connectivity index (χ3n) is 1.50. The van der Waals surface area contributed by atoms with Gasteiger partial charge in [0.15, 0.2) is 0 Å². The summed E-state index contributed by atoms with van der Waals surface area (Å²) in [6, 6.07) is 3.95. The molecule has 0 N–H and O–H groups in total. The van der Waals surface area contributed by atoms with Gasteiger partial charge in [0.2, 0.25) is 0 Å². The molecule has 1 aromatic carbocycles. The van der Waals surface area contributed by atoms with E-state index in [0.29, 0.717) is 0 Å². The van der Waals surface area contributed by atoms with E-state index in [0.717, 1.165) is 10.2 Å². The Morgan fingerprint density at radius 2 is 2.09 bits per heavy atom. The van der Waals surface area contributed by atoms with Crippen LogP contribution in [0.25, 0.3) is 0 Å². The van der Waals surface area contributed by atoms with Crippen molar-refractivity contribution in [2.45, 2.75) is 6.92 Å². The highest BCUT2D eigenvalue weighted by molar-refractivity contribution is 14.1. The summed E-state index contributed by atoms with van der Waals surface area (Å²) < 4.78 is 7.45. The van der Waals surface area contributed by atoms with Crippen molar-refractivity contribution in [1.82, 2.24) is 0 Å². The predicted molar refractivity (Wildman–Crippen MR) is 58.1 cm³/mol. The average molecular weight is 327 g/mol. The predicted octanol–water partition coefficient (Wildman–Crippen LogP) is 3.37. The molecule has 0 bridgehead atoms. The van der Waals surface area contributed by atoms with Gasteiger partial charge in [-0.1, -0.05) is 15.9 Å². The molecule has 0 unspecified atom stereocenters. The normalized spacial score (nSPS) is 9.82. The van der Waals surface area contributed by atoms with E-state index < -0.39 is 0 Å². The Hall–Kier alpha value is 0.230. The highest BCUT2D eigenvalue weighted by Crippen LogP contribution is 2.29. The van der Waals surface area contributed by atoms with Gasteiger partial charge in [-0.3, -0.25) is 0 Å². The second-order valence-corrected chi connectivity index (χ2v) is 4.12. The first-order chi connectivity index (χ1) is 5.16. The van der Waals surface area contributed by atoms with Gasteiger partial charge in [0.1, 0.15) is 5.75 Å². The van der Waals surface area contributed by atoms with Gasteiger partial charge in [-0.15, -0.1) is 0 Å². The minimum Gasteiger partial charge on any atom is -0.496 e. The third-order valence-corrected chi connectivity index (χ3v) is 3.70. The fourth-order valence-electron chi connectivity index (χ4n) is 0.794. The van der Waals surface area contributed by atoms with Crippen LogP contribution in [0.4, 0.5) is 0 Å². The van der Waals surface area contributed by atoms with Gasteiger partial charge in [0.05, 0.1) is 10.7 Å². The minimum atomic E-state index is 0.936. The molecule has 11 heavy (non-hydrogen) atoms. The standard InChI is InChI=1S/C8H8BrIO/c1-5-6(9)3-4-7(11-2)8(5)10/h3-4H,1-2H3. The Kier molecular flexibility index (Phi) is 3.18. The molecule has 1 rings (SSSR count). The highest BCUT2D eigenvalue weighted by atomic mass is 127. The van der Waals surface area contributed by atoms with Crippen LogP contribution in [0.3, 0.4) is 0 Å². The van der Waals surface area contributed by atoms with E-state index in [2.05, 4.69) is 45.4 Å². The maximum absolute atomic E-state index is 5.15. The lowest BCUT2D eigenvalue weighted by atomic mass is 10.2. The molecule has 1 aromatic rings. The lowest BCUT2D eigenvalue weighted by Crippen LogP contribution is -1.89. The second kappa shape index (κ2) is 3.76. The summed E-state index contributed by atoms with van der Waals surface area (Å²) in [5.41, 5.74) is 1.23. The van der Waals surface area contributed by atoms with Crippen LogP contribution in [0.2, 0.25) is 0 Å². The first kappa shape index (κ1) is 9.32. The molecule has 0 saturated heterocycles. The zero-order chi connectivity index (χ0) is 8.43. The SMILES string of the molecule is COc1ccc(Br)c(C)c1I. The lowest BCUT2D eigenvalue weighted by Gasteiger charge is -2.06. The molecule has 0 aliphatic carbocycles. The van der Waals surface area contributed by atoms with Gasteiger partial charge in [0, 0.05) is 4.47 Å². The molecule has 0 aromatic heterocycles. The van der Waals surface area contributed by atoms with E-state index in [4.69, 9.17) is 4.74 Å². The topological polar surface area (TPSA) is 9.23 Å². The smallest absolute Gasteiger partial charge is 0.132 e. The average Bonchev–Trinajstić information content (AvgIpc) is 2.01. The summed E-state index contributed by atoms with van der Waals surface area (Å²) in [6.45, 7) is 2.06. The summed E-state index contributed by atoms with van der Waals surface area (Å²) in [6.07, 6.45) is 0. The number of halogens is 2. The van der Waals surface area contributed by atoms with E-state index in [1.807, 2.05) is 12.1 Å². The zero-order valence-corrected chi connectivity index (χ0v) is 10.1. The Bertz CT molecular complexity index is 273. The minimum absolute atomic E-state index is 0.936. The molecule has 0 heterocycles. The molecule has 0 atom stereocenters. The van der Waals surface area contributed by atoms with Crippen LogP contribution in [0.15, 0.2) is 16.6 Å². The lowest BCUT2D eigenvalue weighted by molar-refractivity contribution is 0.411. The van der Waals surface area contributed by atoms with Crippen LogP contribution in [-0.2, 0) is 0 Å². The van der Waals surface area contributed by atoms with Crippen LogP contribution < -0.4 is 4.74 Å².